The molecule has 1 saturated heterocycles. The second-order valence-corrected chi connectivity index (χ2v) is 6.63. The highest BCUT2D eigenvalue weighted by molar-refractivity contribution is 6.36. The first-order valence-electron chi connectivity index (χ1n) is 8.25. The van der Waals surface area contributed by atoms with Crippen LogP contribution in [0, 0.1) is 0 Å². The van der Waals surface area contributed by atoms with E-state index in [1.54, 1.807) is 17.0 Å². The monoisotopic (exact) mass is 341 g/mol. The summed E-state index contributed by atoms with van der Waals surface area (Å²) in [5.74, 6) is -0.319. The SMILES string of the molecule is O=C(CCc1ccc(Cl)cc1)C(=O)N1CC[C@@H](c2ccccc2)C1. The topological polar surface area (TPSA) is 37.4 Å². The number of halogens is 1. The zero-order chi connectivity index (χ0) is 16.9. The van der Waals surface area contributed by atoms with Crippen LogP contribution in [0.25, 0.3) is 0 Å². The molecule has 1 aliphatic heterocycles. The molecule has 1 heterocycles. The Morgan fingerprint density at radius 1 is 1.04 bits per heavy atom. The van der Waals surface area contributed by atoms with Gasteiger partial charge in [0.2, 0.25) is 5.78 Å². The summed E-state index contributed by atoms with van der Waals surface area (Å²) in [6.45, 7) is 1.29. The summed E-state index contributed by atoms with van der Waals surface area (Å²) in [6, 6.07) is 17.6. The molecule has 124 valence electrons. The molecule has 0 bridgehead atoms. The van der Waals surface area contributed by atoms with Crippen LogP contribution in [-0.2, 0) is 16.0 Å². The largest absolute Gasteiger partial charge is 0.335 e. The molecule has 1 aliphatic rings. The number of carbonyl (C=O) groups excluding carboxylic acids is 2. The van der Waals surface area contributed by atoms with E-state index >= 15 is 0 Å². The minimum absolute atomic E-state index is 0.243. The molecular formula is C20H20ClNO2. The molecule has 0 unspecified atom stereocenters. The van der Waals surface area contributed by atoms with Gasteiger partial charge in [0.1, 0.15) is 0 Å². The molecule has 3 rings (SSSR count). The summed E-state index contributed by atoms with van der Waals surface area (Å²) in [6.07, 6.45) is 1.73. The highest BCUT2D eigenvalue weighted by Gasteiger charge is 2.30. The lowest BCUT2D eigenvalue weighted by Crippen LogP contribution is -2.34. The average Bonchev–Trinajstić information content (AvgIpc) is 3.11. The van der Waals surface area contributed by atoms with Crippen molar-refractivity contribution in [2.75, 3.05) is 13.1 Å². The predicted molar refractivity (Wildman–Crippen MR) is 95.2 cm³/mol. The minimum Gasteiger partial charge on any atom is -0.335 e. The van der Waals surface area contributed by atoms with E-state index in [0.717, 1.165) is 12.0 Å². The zero-order valence-electron chi connectivity index (χ0n) is 13.5. The van der Waals surface area contributed by atoms with E-state index in [1.807, 2.05) is 30.3 Å². The summed E-state index contributed by atoms with van der Waals surface area (Å²) in [5.41, 5.74) is 2.26. The van der Waals surface area contributed by atoms with Crippen molar-refractivity contribution in [2.24, 2.45) is 0 Å². The van der Waals surface area contributed by atoms with Crippen LogP contribution < -0.4 is 0 Å². The van der Waals surface area contributed by atoms with E-state index in [0.29, 0.717) is 30.5 Å². The fourth-order valence-corrected chi connectivity index (χ4v) is 3.26. The van der Waals surface area contributed by atoms with E-state index in [9.17, 15) is 9.59 Å². The lowest BCUT2D eigenvalue weighted by atomic mass is 9.99. The molecule has 0 radical (unpaired) electrons. The Labute approximate surface area is 147 Å². The Morgan fingerprint density at radius 2 is 1.75 bits per heavy atom. The first-order chi connectivity index (χ1) is 11.6. The number of ketones is 1. The number of hydrogen-bond acceptors (Lipinski definition) is 2. The molecule has 1 atom stereocenters. The first-order valence-corrected chi connectivity index (χ1v) is 8.63. The number of aryl methyl sites for hydroxylation is 1. The van der Waals surface area contributed by atoms with E-state index in [1.165, 1.54) is 5.56 Å². The molecule has 0 aromatic heterocycles. The molecule has 2 aromatic rings. The summed E-state index contributed by atoms with van der Waals surface area (Å²) in [5, 5.41) is 0.671. The van der Waals surface area contributed by atoms with E-state index < -0.39 is 0 Å². The Kier molecular flexibility index (Phi) is 5.31. The van der Waals surface area contributed by atoms with Crippen LogP contribution in [0.1, 0.15) is 29.9 Å². The Balaban J connectivity index is 1.53. The highest BCUT2D eigenvalue weighted by atomic mass is 35.5. The maximum atomic E-state index is 12.4. The minimum atomic E-state index is -0.345. The number of carbonyl (C=O) groups is 2. The van der Waals surface area contributed by atoms with Crippen LogP contribution in [0.3, 0.4) is 0 Å². The summed E-state index contributed by atoms with van der Waals surface area (Å²) in [4.78, 5) is 26.2. The van der Waals surface area contributed by atoms with Crippen molar-refractivity contribution in [3.8, 4) is 0 Å². The van der Waals surface area contributed by atoms with Gasteiger partial charge in [0.15, 0.2) is 0 Å². The molecule has 0 N–H and O–H groups in total. The number of nitrogens with zero attached hydrogens (tertiary/aromatic N) is 1. The van der Waals surface area contributed by atoms with Gasteiger partial charge in [-0.3, -0.25) is 9.59 Å². The van der Waals surface area contributed by atoms with Crippen LogP contribution in [0.15, 0.2) is 54.6 Å². The molecule has 0 spiro atoms. The molecular weight excluding hydrogens is 322 g/mol. The number of Topliss-reactive ketones (excluding diaryl/α,β-unsaturated/α-hetero) is 1. The van der Waals surface area contributed by atoms with Crippen molar-refractivity contribution < 1.29 is 9.59 Å². The van der Waals surface area contributed by atoms with Crippen molar-refractivity contribution in [2.45, 2.75) is 25.2 Å². The van der Waals surface area contributed by atoms with Crippen LogP contribution >= 0.6 is 11.6 Å². The van der Waals surface area contributed by atoms with Crippen LogP contribution in [-0.4, -0.2) is 29.7 Å². The summed E-state index contributed by atoms with van der Waals surface area (Å²) in [7, 11) is 0. The maximum absolute atomic E-state index is 12.4. The zero-order valence-corrected chi connectivity index (χ0v) is 14.2. The third kappa shape index (κ3) is 4.04. The fourth-order valence-electron chi connectivity index (χ4n) is 3.13. The second-order valence-electron chi connectivity index (χ2n) is 6.20. The summed E-state index contributed by atoms with van der Waals surface area (Å²) >= 11 is 5.85. The number of hydrogen-bond donors (Lipinski definition) is 0. The van der Waals surface area contributed by atoms with E-state index in [4.69, 9.17) is 11.6 Å². The highest BCUT2D eigenvalue weighted by Crippen LogP contribution is 2.27. The molecule has 4 heteroatoms. The first kappa shape index (κ1) is 16.7. The van der Waals surface area contributed by atoms with Gasteiger partial charge in [-0.2, -0.15) is 0 Å². The number of rotatable bonds is 5. The van der Waals surface area contributed by atoms with Crippen LogP contribution in [0.4, 0.5) is 0 Å². The van der Waals surface area contributed by atoms with E-state index in [2.05, 4.69) is 12.1 Å². The average molecular weight is 342 g/mol. The van der Waals surface area contributed by atoms with Crippen molar-refractivity contribution in [3.63, 3.8) is 0 Å². The van der Waals surface area contributed by atoms with Gasteiger partial charge in [-0.15, -0.1) is 0 Å². The van der Waals surface area contributed by atoms with Gasteiger partial charge in [0.05, 0.1) is 0 Å². The number of benzene rings is 2. The number of likely N-dealkylation sites (tertiary alicyclic amines) is 1. The second kappa shape index (κ2) is 7.63. The summed E-state index contributed by atoms with van der Waals surface area (Å²) < 4.78 is 0. The molecule has 1 amide bonds. The maximum Gasteiger partial charge on any atom is 0.289 e. The van der Waals surface area contributed by atoms with Crippen molar-refractivity contribution >= 4 is 23.3 Å². The van der Waals surface area contributed by atoms with Crippen LogP contribution in [0.5, 0.6) is 0 Å². The van der Waals surface area contributed by atoms with Gasteiger partial charge in [-0.1, -0.05) is 54.1 Å². The lowest BCUT2D eigenvalue weighted by molar-refractivity contribution is -0.144. The van der Waals surface area contributed by atoms with Gasteiger partial charge in [-0.05, 0) is 36.1 Å². The van der Waals surface area contributed by atoms with Gasteiger partial charge < -0.3 is 4.90 Å². The Hall–Kier alpha value is -2.13. The Morgan fingerprint density at radius 3 is 2.46 bits per heavy atom. The number of amides is 1. The van der Waals surface area contributed by atoms with Crippen molar-refractivity contribution in [1.82, 2.24) is 4.90 Å². The van der Waals surface area contributed by atoms with E-state index in [-0.39, 0.29) is 18.1 Å². The molecule has 24 heavy (non-hydrogen) atoms. The van der Waals surface area contributed by atoms with Gasteiger partial charge in [0, 0.05) is 30.5 Å². The standard InChI is InChI=1S/C20H20ClNO2/c21-18-9-6-15(7-10-18)8-11-19(23)20(24)22-13-12-17(14-22)16-4-2-1-3-5-16/h1-7,9-10,17H,8,11-14H2/t17-/m1/s1. The van der Waals surface area contributed by atoms with Crippen LogP contribution in [0.2, 0.25) is 5.02 Å². The molecule has 0 saturated carbocycles. The fraction of sp³-hybridized carbons (Fsp3) is 0.300. The Bertz CT molecular complexity index is 712. The quantitative estimate of drug-likeness (QED) is 0.774. The lowest BCUT2D eigenvalue weighted by Gasteiger charge is -2.16. The molecule has 3 nitrogen and oxygen atoms in total. The van der Waals surface area contributed by atoms with Gasteiger partial charge in [-0.25, -0.2) is 0 Å². The third-order valence-electron chi connectivity index (χ3n) is 4.54. The molecule has 1 fully saturated rings. The van der Waals surface area contributed by atoms with Gasteiger partial charge in [0.25, 0.3) is 5.91 Å². The molecule has 2 aromatic carbocycles. The van der Waals surface area contributed by atoms with Crippen molar-refractivity contribution in [3.05, 3.63) is 70.7 Å². The van der Waals surface area contributed by atoms with Crippen molar-refractivity contribution in [1.29, 1.82) is 0 Å². The molecule has 0 aliphatic carbocycles. The normalized spacial score (nSPS) is 17.0. The third-order valence-corrected chi connectivity index (χ3v) is 4.79. The smallest absolute Gasteiger partial charge is 0.289 e. The van der Waals surface area contributed by atoms with Gasteiger partial charge >= 0.3 is 0 Å². The predicted octanol–water partition coefficient (Wildman–Crippen LogP) is 3.86.